The third-order valence-electron chi connectivity index (χ3n) is 3.97. The molecule has 0 saturated carbocycles. The van der Waals surface area contributed by atoms with Crippen molar-refractivity contribution in [2.45, 2.75) is 13.3 Å². The standard InChI is InChI=1S/C19H20N4O/c1-2-22(15-10-16-8-12-20-13-9-16)19(24)17-4-6-18(7-5-17)23-14-3-11-21-23/h3-9,11-14H,2,10,15H2,1H3. The molecule has 3 rings (SSSR count). The first kappa shape index (κ1) is 15.9. The Morgan fingerprint density at radius 2 is 1.83 bits per heavy atom. The van der Waals surface area contributed by atoms with Gasteiger partial charge in [-0.2, -0.15) is 5.10 Å². The van der Waals surface area contributed by atoms with Crippen LogP contribution >= 0.6 is 0 Å². The zero-order valence-corrected chi connectivity index (χ0v) is 13.7. The van der Waals surface area contributed by atoms with E-state index < -0.39 is 0 Å². The molecule has 0 aliphatic carbocycles. The third-order valence-corrected chi connectivity index (χ3v) is 3.97. The molecular formula is C19H20N4O. The number of hydrogen-bond donors (Lipinski definition) is 0. The smallest absolute Gasteiger partial charge is 0.253 e. The second-order valence-electron chi connectivity index (χ2n) is 5.49. The van der Waals surface area contributed by atoms with Crippen LogP contribution in [-0.2, 0) is 6.42 Å². The highest BCUT2D eigenvalue weighted by molar-refractivity contribution is 5.94. The van der Waals surface area contributed by atoms with Crippen LogP contribution in [0, 0.1) is 0 Å². The topological polar surface area (TPSA) is 51.0 Å². The average Bonchev–Trinajstić information content (AvgIpc) is 3.18. The first-order valence-corrected chi connectivity index (χ1v) is 8.06. The van der Waals surface area contributed by atoms with Crippen molar-refractivity contribution in [1.29, 1.82) is 0 Å². The minimum atomic E-state index is 0.0542. The number of benzene rings is 1. The summed E-state index contributed by atoms with van der Waals surface area (Å²) in [5.74, 6) is 0.0542. The zero-order valence-electron chi connectivity index (χ0n) is 13.7. The number of rotatable bonds is 6. The molecule has 0 unspecified atom stereocenters. The van der Waals surface area contributed by atoms with E-state index >= 15 is 0 Å². The largest absolute Gasteiger partial charge is 0.339 e. The normalized spacial score (nSPS) is 10.5. The average molecular weight is 320 g/mol. The van der Waals surface area contributed by atoms with Crippen molar-refractivity contribution < 1.29 is 4.79 Å². The fourth-order valence-corrected chi connectivity index (χ4v) is 2.58. The maximum Gasteiger partial charge on any atom is 0.253 e. The molecule has 0 N–H and O–H groups in total. The van der Waals surface area contributed by atoms with E-state index in [-0.39, 0.29) is 5.91 Å². The molecule has 2 aromatic heterocycles. The van der Waals surface area contributed by atoms with Gasteiger partial charge >= 0.3 is 0 Å². The Morgan fingerprint density at radius 1 is 1.08 bits per heavy atom. The number of pyridine rings is 1. The van der Waals surface area contributed by atoms with Crippen LogP contribution in [0.2, 0.25) is 0 Å². The fourth-order valence-electron chi connectivity index (χ4n) is 2.58. The van der Waals surface area contributed by atoms with Gasteiger partial charge in [-0.1, -0.05) is 0 Å². The Bertz CT molecular complexity index is 767. The Morgan fingerprint density at radius 3 is 2.46 bits per heavy atom. The molecule has 1 amide bonds. The van der Waals surface area contributed by atoms with E-state index in [2.05, 4.69) is 10.1 Å². The molecule has 122 valence electrons. The van der Waals surface area contributed by atoms with Crippen molar-refractivity contribution in [3.63, 3.8) is 0 Å². The summed E-state index contributed by atoms with van der Waals surface area (Å²) in [5, 5.41) is 4.19. The van der Waals surface area contributed by atoms with Gasteiger partial charge in [-0.15, -0.1) is 0 Å². The summed E-state index contributed by atoms with van der Waals surface area (Å²) in [6, 6.07) is 13.4. The van der Waals surface area contributed by atoms with Crippen LogP contribution in [0.4, 0.5) is 0 Å². The minimum Gasteiger partial charge on any atom is -0.339 e. The molecule has 2 heterocycles. The van der Waals surface area contributed by atoms with E-state index in [1.807, 2.05) is 60.5 Å². The van der Waals surface area contributed by atoms with Crippen LogP contribution in [0.15, 0.2) is 67.3 Å². The number of hydrogen-bond acceptors (Lipinski definition) is 3. The lowest BCUT2D eigenvalue weighted by Gasteiger charge is -2.21. The summed E-state index contributed by atoms with van der Waals surface area (Å²) < 4.78 is 1.77. The van der Waals surface area contributed by atoms with E-state index in [1.54, 1.807) is 23.3 Å². The van der Waals surface area contributed by atoms with Gasteiger partial charge in [-0.3, -0.25) is 9.78 Å². The molecule has 0 saturated heterocycles. The Balaban J connectivity index is 1.67. The van der Waals surface area contributed by atoms with Crippen molar-refractivity contribution in [1.82, 2.24) is 19.7 Å². The zero-order chi connectivity index (χ0) is 16.8. The summed E-state index contributed by atoms with van der Waals surface area (Å²) in [7, 11) is 0. The SMILES string of the molecule is CCN(CCc1ccncc1)C(=O)c1ccc(-n2cccn2)cc1. The van der Waals surface area contributed by atoms with Gasteiger partial charge in [0.1, 0.15) is 0 Å². The summed E-state index contributed by atoms with van der Waals surface area (Å²) in [6.45, 7) is 3.38. The highest BCUT2D eigenvalue weighted by atomic mass is 16.2. The highest BCUT2D eigenvalue weighted by Crippen LogP contribution is 2.11. The molecule has 0 radical (unpaired) electrons. The van der Waals surface area contributed by atoms with Gasteiger partial charge in [0.15, 0.2) is 0 Å². The molecule has 0 aliphatic heterocycles. The van der Waals surface area contributed by atoms with Gasteiger partial charge < -0.3 is 4.90 Å². The van der Waals surface area contributed by atoms with Gasteiger partial charge in [-0.25, -0.2) is 4.68 Å². The van der Waals surface area contributed by atoms with E-state index in [9.17, 15) is 4.79 Å². The Labute approximate surface area is 141 Å². The minimum absolute atomic E-state index is 0.0542. The third kappa shape index (κ3) is 3.68. The van der Waals surface area contributed by atoms with E-state index in [0.29, 0.717) is 18.7 Å². The maximum atomic E-state index is 12.7. The number of amides is 1. The molecule has 0 fully saturated rings. The van der Waals surface area contributed by atoms with Gasteiger partial charge in [0, 0.05) is 43.4 Å². The predicted molar refractivity (Wildman–Crippen MR) is 93.1 cm³/mol. The Kier molecular flexibility index (Phi) is 5.01. The predicted octanol–water partition coefficient (Wildman–Crippen LogP) is 2.97. The number of nitrogens with zero attached hydrogens (tertiary/aromatic N) is 4. The number of likely N-dealkylation sites (N-methyl/N-ethyl adjacent to an activating group) is 1. The van der Waals surface area contributed by atoms with Crippen LogP contribution in [0.25, 0.3) is 5.69 Å². The van der Waals surface area contributed by atoms with Crippen LogP contribution in [0.1, 0.15) is 22.8 Å². The van der Waals surface area contributed by atoms with Crippen molar-refractivity contribution in [3.05, 3.63) is 78.4 Å². The molecule has 1 aromatic carbocycles. The molecule has 0 bridgehead atoms. The van der Waals surface area contributed by atoms with Gasteiger partial charge in [-0.05, 0) is 61.4 Å². The van der Waals surface area contributed by atoms with Gasteiger partial charge in [0.2, 0.25) is 0 Å². The van der Waals surface area contributed by atoms with Crippen LogP contribution in [-0.4, -0.2) is 38.7 Å². The van der Waals surface area contributed by atoms with Crippen molar-refractivity contribution in [2.75, 3.05) is 13.1 Å². The van der Waals surface area contributed by atoms with Crippen molar-refractivity contribution >= 4 is 5.91 Å². The summed E-state index contributed by atoms with van der Waals surface area (Å²) >= 11 is 0. The number of carbonyl (C=O) groups is 1. The molecule has 5 nitrogen and oxygen atoms in total. The summed E-state index contributed by atoms with van der Waals surface area (Å²) in [5.41, 5.74) is 2.82. The lowest BCUT2D eigenvalue weighted by Crippen LogP contribution is -2.32. The van der Waals surface area contributed by atoms with Crippen molar-refractivity contribution in [3.8, 4) is 5.69 Å². The molecule has 0 aliphatic rings. The van der Waals surface area contributed by atoms with Crippen LogP contribution in [0.3, 0.4) is 0 Å². The number of carbonyl (C=O) groups excluding carboxylic acids is 1. The van der Waals surface area contributed by atoms with E-state index in [4.69, 9.17) is 0 Å². The molecule has 0 atom stereocenters. The second-order valence-corrected chi connectivity index (χ2v) is 5.49. The molecule has 24 heavy (non-hydrogen) atoms. The van der Waals surface area contributed by atoms with E-state index in [1.165, 1.54) is 5.56 Å². The highest BCUT2D eigenvalue weighted by Gasteiger charge is 2.14. The van der Waals surface area contributed by atoms with Gasteiger partial charge in [0.05, 0.1) is 5.69 Å². The van der Waals surface area contributed by atoms with Crippen LogP contribution < -0.4 is 0 Å². The second kappa shape index (κ2) is 7.55. The molecule has 5 heteroatoms. The first-order chi connectivity index (χ1) is 11.8. The molecule has 0 spiro atoms. The lowest BCUT2D eigenvalue weighted by molar-refractivity contribution is 0.0766. The fraction of sp³-hybridized carbons (Fsp3) is 0.211. The van der Waals surface area contributed by atoms with E-state index in [0.717, 1.165) is 12.1 Å². The Hall–Kier alpha value is -2.95. The summed E-state index contributed by atoms with van der Waals surface area (Å²) in [6.07, 6.45) is 8.00. The van der Waals surface area contributed by atoms with Crippen molar-refractivity contribution in [2.24, 2.45) is 0 Å². The number of aromatic nitrogens is 3. The summed E-state index contributed by atoms with van der Waals surface area (Å²) in [4.78, 5) is 18.6. The van der Waals surface area contributed by atoms with Gasteiger partial charge in [0.25, 0.3) is 5.91 Å². The lowest BCUT2D eigenvalue weighted by atomic mass is 10.1. The molecular weight excluding hydrogens is 300 g/mol. The first-order valence-electron chi connectivity index (χ1n) is 8.06. The van der Waals surface area contributed by atoms with Crippen LogP contribution in [0.5, 0.6) is 0 Å². The monoisotopic (exact) mass is 320 g/mol. The molecule has 3 aromatic rings. The maximum absolute atomic E-state index is 12.7. The quantitative estimate of drug-likeness (QED) is 0.701.